The zero-order valence-corrected chi connectivity index (χ0v) is 10.7. The Hall–Kier alpha value is -1.72. The van der Waals surface area contributed by atoms with Crippen molar-refractivity contribution in [3.8, 4) is 0 Å². The Morgan fingerprint density at radius 3 is 2.83 bits per heavy atom. The zero-order valence-electron chi connectivity index (χ0n) is 9.94. The fraction of sp³-hybridized carbons (Fsp3) is 0.250. The first kappa shape index (κ1) is 12.7. The third kappa shape index (κ3) is 2.42. The molecule has 0 aliphatic carbocycles. The quantitative estimate of drug-likeness (QED) is 0.884. The summed E-state index contributed by atoms with van der Waals surface area (Å²) in [5.41, 5.74) is 7.06. The number of nitrogen functional groups attached to an aromatic ring is 1. The first-order valence-electron chi connectivity index (χ1n) is 5.43. The van der Waals surface area contributed by atoms with Crippen molar-refractivity contribution >= 4 is 17.3 Å². The summed E-state index contributed by atoms with van der Waals surface area (Å²) in [5.74, 6) is 0. The fourth-order valence-corrected chi connectivity index (χ4v) is 1.91. The molecule has 1 aromatic heterocycles. The molecule has 3 N–H and O–H groups in total. The highest BCUT2D eigenvalue weighted by Crippen LogP contribution is 2.16. The van der Waals surface area contributed by atoms with Crippen LogP contribution in [0.5, 0.6) is 0 Å². The van der Waals surface area contributed by atoms with Gasteiger partial charge in [-0.25, -0.2) is 4.68 Å². The second-order valence-corrected chi connectivity index (χ2v) is 4.33. The summed E-state index contributed by atoms with van der Waals surface area (Å²) in [4.78, 5) is 11.9. The summed E-state index contributed by atoms with van der Waals surface area (Å²) in [5, 5.41) is 3.54. The molecule has 5 nitrogen and oxygen atoms in total. The van der Waals surface area contributed by atoms with Gasteiger partial charge in [0.05, 0.1) is 18.8 Å². The summed E-state index contributed by atoms with van der Waals surface area (Å²) < 4.78 is 6.38. The fourth-order valence-electron chi connectivity index (χ4n) is 1.71. The van der Waals surface area contributed by atoms with Crippen LogP contribution < -0.4 is 11.3 Å². The van der Waals surface area contributed by atoms with Gasteiger partial charge in [-0.05, 0) is 11.6 Å². The van der Waals surface area contributed by atoms with Crippen LogP contribution in [0.15, 0.2) is 29.1 Å². The average Bonchev–Trinajstić information content (AvgIpc) is 2.61. The summed E-state index contributed by atoms with van der Waals surface area (Å²) in [6, 6.07) is 7.36. The van der Waals surface area contributed by atoms with Crippen LogP contribution >= 0.6 is 11.6 Å². The molecule has 0 bridgehead atoms. The minimum absolute atomic E-state index is 0.184. The number of nitrogens with one attached hydrogen (secondary N) is 1. The van der Waals surface area contributed by atoms with Crippen molar-refractivity contribution in [2.24, 2.45) is 0 Å². The third-order valence-corrected chi connectivity index (χ3v) is 3.01. The van der Waals surface area contributed by atoms with Crippen molar-refractivity contribution in [1.82, 2.24) is 9.78 Å². The smallest absolute Gasteiger partial charge is 0.290 e. The summed E-state index contributed by atoms with van der Waals surface area (Å²) >= 11 is 6.05. The lowest BCUT2D eigenvalue weighted by atomic mass is 10.2. The molecule has 0 amide bonds. The van der Waals surface area contributed by atoms with Crippen molar-refractivity contribution in [3.05, 3.63) is 50.9 Å². The molecule has 0 saturated carbocycles. The van der Waals surface area contributed by atoms with Crippen LogP contribution in [0, 0.1) is 0 Å². The minimum Gasteiger partial charge on any atom is -0.393 e. The van der Waals surface area contributed by atoms with Gasteiger partial charge >= 0.3 is 0 Å². The normalized spacial score (nSPS) is 10.8. The van der Waals surface area contributed by atoms with Gasteiger partial charge in [-0.3, -0.25) is 9.89 Å². The molecular weight excluding hydrogens is 254 g/mol. The maximum atomic E-state index is 11.9. The Morgan fingerprint density at radius 2 is 2.17 bits per heavy atom. The van der Waals surface area contributed by atoms with E-state index in [9.17, 15) is 4.79 Å². The molecule has 18 heavy (non-hydrogen) atoms. The molecule has 0 aliphatic heterocycles. The Bertz CT molecular complexity index is 604. The van der Waals surface area contributed by atoms with E-state index in [1.54, 1.807) is 13.2 Å². The van der Waals surface area contributed by atoms with E-state index < -0.39 is 0 Å². The maximum absolute atomic E-state index is 11.9. The predicted octanol–water partition coefficient (Wildman–Crippen LogP) is 1.61. The number of halogens is 1. The molecule has 1 aromatic carbocycles. The molecule has 2 aromatic rings. The minimum atomic E-state index is -0.262. The summed E-state index contributed by atoms with van der Waals surface area (Å²) in [7, 11) is 1.54. The summed E-state index contributed by atoms with van der Waals surface area (Å²) in [6.07, 6.45) is 0. The number of hydrogen-bond acceptors (Lipinski definition) is 3. The molecule has 0 radical (unpaired) electrons. The number of aromatic nitrogens is 2. The molecule has 0 spiro atoms. The Balaban J connectivity index is 2.33. The third-order valence-electron chi connectivity index (χ3n) is 2.65. The van der Waals surface area contributed by atoms with Gasteiger partial charge in [0.15, 0.2) is 0 Å². The molecule has 0 atom stereocenters. The first-order valence-corrected chi connectivity index (χ1v) is 5.80. The van der Waals surface area contributed by atoms with Gasteiger partial charge in [-0.1, -0.05) is 29.8 Å². The molecule has 1 heterocycles. The van der Waals surface area contributed by atoms with Crippen molar-refractivity contribution < 1.29 is 4.74 Å². The SMILES string of the molecule is COCc1[nH]n(Cc2ccccc2Cl)c(=O)c1N. The van der Waals surface area contributed by atoms with Gasteiger partial charge in [0.2, 0.25) is 0 Å². The number of H-pyrrole nitrogens is 1. The van der Waals surface area contributed by atoms with E-state index in [1.165, 1.54) is 4.68 Å². The number of nitrogens with zero attached hydrogens (tertiary/aromatic N) is 1. The standard InChI is InChI=1S/C12H14ClN3O2/c1-18-7-10-11(14)12(17)16(15-10)6-8-4-2-3-5-9(8)13/h2-5,15H,6-7,14H2,1H3. The molecule has 0 fully saturated rings. The monoisotopic (exact) mass is 267 g/mol. The number of anilines is 1. The Labute approximate surface area is 109 Å². The summed E-state index contributed by atoms with van der Waals surface area (Å²) in [6.45, 7) is 0.628. The van der Waals surface area contributed by atoms with Gasteiger partial charge < -0.3 is 10.5 Å². The molecule has 96 valence electrons. The number of benzene rings is 1. The van der Waals surface area contributed by atoms with Gasteiger partial charge in [-0.2, -0.15) is 0 Å². The van der Waals surface area contributed by atoms with Crippen molar-refractivity contribution in [2.45, 2.75) is 13.2 Å². The van der Waals surface area contributed by atoms with Crippen LogP contribution in [0.4, 0.5) is 5.69 Å². The molecule has 0 saturated heterocycles. The topological polar surface area (TPSA) is 73.0 Å². The van der Waals surface area contributed by atoms with Gasteiger partial charge in [-0.15, -0.1) is 0 Å². The predicted molar refractivity (Wildman–Crippen MR) is 70.7 cm³/mol. The second-order valence-electron chi connectivity index (χ2n) is 3.92. The van der Waals surface area contributed by atoms with Gasteiger partial charge in [0.1, 0.15) is 5.69 Å². The van der Waals surface area contributed by atoms with E-state index in [2.05, 4.69) is 5.10 Å². The molecule has 0 aliphatic rings. The first-order chi connectivity index (χ1) is 8.63. The zero-order chi connectivity index (χ0) is 13.1. The van der Waals surface area contributed by atoms with E-state index in [0.29, 0.717) is 17.3 Å². The van der Waals surface area contributed by atoms with E-state index in [1.807, 2.05) is 18.2 Å². The van der Waals surface area contributed by atoms with Crippen LogP contribution in [0.2, 0.25) is 5.02 Å². The van der Waals surface area contributed by atoms with E-state index in [0.717, 1.165) is 5.56 Å². The lowest BCUT2D eigenvalue weighted by molar-refractivity contribution is 0.181. The maximum Gasteiger partial charge on any atom is 0.290 e. The van der Waals surface area contributed by atoms with Gasteiger partial charge in [0.25, 0.3) is 5.56 Å². The Morgan fingerprint density at radius 1 is 1.44 bits per heavy atom. The molecule has 2 rings (SSSR count). The lowest BCUT2D eigenvalue weighted by Crippen LogP contribution is -2.19. The number of nitrogens with two attached hydrogens (primary N) is 1. The van der Waals surface area contributed by atoms with Crippen LogP contribution in [0.25, 0.3) is 0 Å². The van der Waals surface area contributed by atoms with Crippen LogP contribution in [0.1, 0.15) is 11.3 Å². The highest BCUT2D eigenvalue weighted by molar-refractivity contribution is 6.31. The lowest BCUT2D eigenvalue weighted by Gasteiger charge is -2.04. The molecular formula is C12H14ClN3O2. The number of ether oxygens (including phenoxy) is 1. The number of methoxy groups -OCH3 is 1. The van der Waals surface area contributed by atoms with Crippen molar-refractivity contribution in [3.63, 3.8) is 0 Å². The van der Waals surface area contributed by atoms with E-state index in [-0.39, 0.29) is 17.9 Å². The highest BCUT2D eigenvalue weighted by atomic mass is 35.5. The van der Waals surface area contributed by atoms with Crippen LogP contribution in [-0.2, 0) is 17.9 Å². The average molecular weight is 268 g/mol. The second kappa shape index (κ2) is 5.29. The van der Waals surface area contributed by atoms with Crippen molar-refractivity contribution in [1.29, 1.82) is 0 Å². The highest BCUT2D eigenvalue weighted by Gasteiger charge is 2.11. The number of hydrogen-bond donors (Lipinski definition) is 2. The van der Waals surface area contributed by atoms with Crippen molar-refractivity contribution in [2.75, 3.05) is 12.8 Å². The largest absolute Gasteiger partial charge is 0.393 e. The molecule has 0 unspecified atom stereocenters. The number of rotatable bonds is 4. The number of aromatic amines is 1. The molecule has 6 heteroatoms. The van der Waals surface area contributed by atoms with Gasteiger partial charge in [0, 0.05) is 12.1 Å². The Kier molecular flexibility index (Phi) is 3.74. The van der Waals surface area contributed by atoms with Crippen LogP contribution in [-0.4, -0.2) is 16.9 Å². The van der Waals surface area contributed by atoms with E-state index >= 15 is 0 Å². The van der Waals surface area contributed by atoms with E-state index in [4.69, 9.17) is 22.1 Å². The van der Waals surface area contributed by atoms with Crippen LogP contribution in [0.3, 0.4) is 0 Å².